The molecule has 0 heterocycles. The monoisotopic (exact) mass is 186 g/mol. The third-order valence-corrected chi connectivity index (χ3v) is 1.68. The predicted molar refractivity (Wildman–Crippen MR) is 55.7 cm³/mol. The van der Waals surface area contributed by atoms with Gasteiger partial charge in [-0.3, -0.25) is 0 Å². The SMILES string of the molecule is CCC=CCCC(OCC)OCC. The van der Waals surface area contributed by atoms with Crippen LogP contribution in [0.3, 0.4) is 0 Å². The lowest BCUT2D eigenvalue weighted by Gasteiger charge is -2.15. The average molecular weight is 186 g/mol. The van der Waals surface area contributed by atoms with E-state index in [1.165, 1.54) is 0 Å². The van der Waals surface area contributed by atoms with E-state index in [2.05, 4.69) is 19.1 Å². The molecule has 0 atom stereocenters. The molecule has 0 bridgehead atoms. The molecule has 0 aromatic rings. The van der Waals surface area contributed by atoms with E-state index >= 15 is 0 Å². The van der Waals surface area contributed by atoms with Crippen LogP contribution in [0.25, 0.3) is 0 Å². The zero-order chi connectivity index (χ0) is 9.94. The van der Waals surface area contributed by atoms with Crippen LogP contribution in [0.15, 0.2) is 12.2 Å². The quantitative estimate of drug-likeness (QED) is 0.428. The first-order chi connectivity index (χ1) is 6.35. The van der Waals surface area contributed by atoms with Crippen LogP contribution in [0, 0.1) is 0 Å². The molecule has 0 aromatic heterocycles. The van der Waals surface area contributed by atoms with Crippen molar-refractivity contribution in [2.75, 3.05) is 13.2 Å². The molecule has 0 aliphatic heterocycles. The van der Waals surface area contributed by atoms with Gasteiger partial charge in [-0.25, -0.2) is 0 Å². The molecular formula is C11H22O2. The number of allylic oxidation sites excluding steroid dienone is 2. The highest BCUT2D eigenvalue weighted by molar-refractivity contribution is 4.80. The molecule has 0 fully saturated rings. The van der Waals surface area contributed by atoms with E-state index in [9.17, 15) is 0 Å². The summed E-state index contributed by atoms with van der Waals surface area (Å²) in [5.41, 5.74) is 0. The minimum absolute atomic E-state index is 0.0171. The van der Waals surface area contributed by atoms with Crippen molar-refractivity contribution in [1.29, 1.82) is 0 Å². The van der Waals surface area contributed by atoms with Crippen LogP contribution in [0.2, 0.25) is 0 Å². The van der Waals surface area contributed by atoms with Crippen LogP contribution in [0.5, 0.6) is 0 Å². The van der Waals surface area contributed by atoms with Gasteiger partial charge >= 0.3 is 0 Å². The van der Waals surface area contributed by atoms with E-state index in [-0.39, 0.29) is 6.29 Å². The van der Waals surface area contributed by atoms with E-state index in [0.29, 0.717) is 0 Å². The summed E-state index contributed by atoms with van der Waals surface area (Å²) in [4.78, 5) is 0. The van der Waals surface area contributed by atoms with Crippen molar-refractivity contribution in [2.24, 2.45) is 0 Å². The van der Waals surface area contributed by atoms with Crippen molar-refractivity contribution in [2.45, 2.75) is 46.3 Å². The molecule has 0 aliphatic carbocycles. The third kappa shape index (κ3) is 8.00. The first-order valence-corrected chi connectivity index (χ1v) is 5.23. The molecule has 0 aromatic carbocycles. The Bertz CT molecular complexity index is 115. The van der Waals surface area contributed by atoms with Gasteiger partial charge in [0.05, 0.1) is 0 Å². The van der Waals surface area contributed by atoms with Gasteiger partial charge in [-0.15, -0.1) is 0 Å². The van der Waals surface area contributed by atoms with Gasteiger partial charge in [0.2, 0.25) is 0 Å². The molecule has 2 nitrogen and oxygen atoms in total. The minimum atomic E-state index is -0.0171. The van der Waals surface area contributed by atoms with Crippen molar-refractivity contribution >= 4 is 0 Å². The Morgan fingerprint density at radius 3 is 2.08 bits per heavy atom. The second kappa shape index (κ2) is 9.75. The maximum atomic E-state index is 5.41. The Hall–Kier alpha value is -0.340. The zero-order valence-corrected chi connectivity index (χ0v) is 9.08. The van der Waals surface area contributed by atoms with Crippen LogP contribution >= 0.6 is 0 Å². The lowest BCUT2D eigenvalue weighted by atomic mass is 10.2. The van der Waals surface area contributed by atoms with Gasteiger partial charge in [0.25, 0.3) is 0 Å². The number of rotatable bonds is 8. The molecule has 0 unspecified atom stereocenters. The fourth-order valence-electron chi connectivity index (χ4n) is 1.10. The Kier molecular flexibility index (Phi) is 9.49. The third-order valence-electron chi connectivity index (χ3n) is 1.68. The molecule has 0 N–H and O–H groups in total. The van der Waals surface area contributed by atoms with Crippen LogP contribution < -0.4 is 0 Å². The maximum absolute atomic E-state index is 5.41. The largest absolute Gasteiger partial charge is 0.353 e. The Morgan fingerprint density at radius 2 is 1.62 bits per heavy atom. The highest BCUT2D eigenvalue weighted by Gasteiger charge is 2.05. The van der Waals surface area contributed by atoms with Crippen molar-refractivity contribution in [3.8, 4) is 0 Å². The summed E-state index contributed by atoms with van der Waals surface area (Å²) < 4.78 is 10.8. The minimum Gasteiger partial charge on any atom is -0.353 e. The fourth-order valence-corrected chi connectivity index (χ4v) is 1.10. The number of ether oxygens (including phenoxy) is 2. The van der Waals surface area contributed by atoms with Crippen LogP contribution in [-0.2, 0) is 9.47 Å². The van der Waals surface area contributed by atoms with E-state index in [1.54, 1.807) is 0 Å². The Morgan fingerprint density at radius 1 is 1.00 bits per heavy atom. The highest BCUT2D eigenvalue weighted by atomic mass is 16.7. The molecule has 2 heteroatoms. The van der Waals surface area contributed by atoms with Gasteiger partial charge in [0.15, 0.2) is 6.29 Å². The smallest absolute Gasteiger partial charge is 0.157 e. The molecule has 78 valence electrons. The predicted octanol–water partition coefficient (Wildman–Crippen LogP) is 3.13. The summed E-state index contributed by atoms with van der Waals surface area (Å²) in [6.07, 6.45) is 7.45. The second-order valence-electron chi connectivity index (χ2n) is 2.80. The standard InChI is InChI=1S/C11H22O2/c1-4-7-8-9-10-11(12-5-2)13-6-3/h7-8,11H,4-6,9-10H2,1-3H3. The average Bonchev–Trinajstić information content (AvgIpc) is 2.13. The van der Waals surface area contributed by atoms with E-state index in [0.717, 1.165) is 32.5 Å². The van der Waals surface area contributed by atoms with Gasteiger partial charge in [0.1, 0.15) is 0 Å². The summed E-state index contributed by atoms with van der Waals surface area (Å²) in [5, 5.41) is 0. The molecule has 13 heavy (non-hydrogen) atoms. The summed E-state index contributed by atoms with van der Waals surface area (Å²) in [5.74, 6) is 0. The van der Waals surface area contributed by atoms with Gasteiger partial charge in [0, 0.05) is 19.6 Å². The second-order valence-corrected chi connectivity index (χ2v) is 2.80. The molecule has 0 radical (unpaired) electrons. The van der Waals surface area contributed by atoms with Crippen molar-refractivity contribution < 1.29 is 9.47 Å². The van der Waals surface area contributed by atoms with Crippen molar-refractivity contribution in [3.63, 3.8) is 0 Å². The van der Waals surface area contributed by atoms with Crippen molar-refractivity contribution in [3.05, 3.63) is 12.2 Å². The zero-order valence-electron chi connectivity index (χ0n) is 9.08. The summed E-state index contributed by atoms with van der Waals surface area (Å²) in [6.45, 7) is 7.57. The number of hydrogen-bond donors (Lipinski definition) is 0. The summed E-state index contributed by atoms with van der Waals surface area (Å²) in [6, 6.07) is 0. The van der Waals surface area contributed by atoms with Crippen LogP contribution in [0.4, 0.5) is 0 Å². The van der Waals surface area contributed by atoms with Gasteiger partial charge in [-0.1, -0.05) is 19.1 Å². The molecule has 0 aliphatic rings. The topological polar surface area (TPSA) is 18.5 Å². The van der Waals surface area contributed by atoms with Gasteiger partial charge in [-0.2, -0.15) is 0 Å². The van der Waals surface area contributed by atoms with Crippen LogP contribution in [0.1, 0.15) is 40.0 Å². The normalized spacial score (nSPS) is 11.7. The molecule has 0 saturated carbocycles. The van der Waals surface area contributed by atoms with E-state index in [4.69, 9.17) is 9.47 Å². The molecule has 0 amide bonds. The molecular weight excluding hydrogens is 164 g/mol. The van der Waals surface area contributed by atoms with Crippen molar-refractivity contribution in [1.82, 2.24) is 0 Å². The fraction of sp³-hybridized carbons (Fsp3) is 0.818. The van der Waals surface area contributed by atoms with Gasteiger partial charge in [-0.05, 0) is 26.7 Å². The maximum Gasteiger partial charge on any atom is 0.157 e. The Balaban J connectivity index is 3.49. The van der Waals surface area contributed by atoms with Crippen LogP contribution in [-0.4, -0.2) is 19.5 Å². The summed E-state index contributed by atoms with van der Waals surface area (Å²) >= 11 is 0. The first-order valence-electron chi connectivity index (χ1n) is 5.23. The van der Waals surface area contributed by atoms with Gasteiger partial charge < -0.3 is 9.47 Å². The van der Waals surface area contributed by atoms with E-state index in [1.807, 2.05) is 13.8 Å². The number of hydrogen-bond acceptors (Lipinski definition) is 2. The Labute approximate surface area is 81.9 Å². The lowest BCUT2D eigenvalue weighted by molar-refractivity contribution is -0.138. The lowest BCUT2D eigenvalue weighted by Crippen LogP contribution is -2.16. The molecule has 0 spiro atoms. The summed E-state index contributed by atoms with van der Waals surface area (Å²) in [7, 11) is 0. The molecule has 0 saturated heterocycles. The highest BCUT2D eigenvalue weighted by Crippen LogP contribution is 2.05. The first kappa shape index (κ1) is 12.7. The van der Waals surface area contributed by atoms with E-state index < -0.39 is 0 Å². The molecule has 0 rings (SSSR count).